The van der Waals surface area contributed by atoms with Crippen LogP contribution in [-0.2, 0) is 23.1 Å². The van der Waals surface area contributed by atoms with Crippen LogP contribution in [0.5, 0.6) is 0 Å². The van der Waals surface area contributed by atoms with Crippen LogP contribution in [0.25, 0.3) is 0 Å². The molecule has 3 aromatic rings. The van der Waals surface area contributed by atoms with E-state index in [2.05, 4.69) is 15.4 Å². The lowest BCUT2D eigenvalue weighted by Crippen LogP contribution is -2.51. The Hall–Kier alpha value is -3.56. The number of morpholine rings is 1. The fraction of sp³-hybridized carbons (Fsp3) is 0.304. The fourth-order valence-corrected chi connectivity index (χ4v) is 3.78. The summed E-state index contributed by atoms with van der Waals surface area (Å²) in [5, 5.41) is 18.0. The summed E-state index contributed by atoms with van der Waals surface area (Å²) in [5.41, 5.74) is 3.36. The summed E-state index contributed by atoms with van der Waals surface area (Å²) < 4.78 is 6.94. The molecule has 4 rings (SSSR count). The number of hydrogen-bond acceptors (Lipinski definition) is 6. The van der Waals surface area contributed by atoms with E-state index in [1.54, 1.807) is 54.7 Å². The topological polar surface area (TPSA) is 110 Å². The Balaban J connectivity index is 1.47. The minimum atomic E-state index is -0.939. The first-order valence-corrected chi connectivity index (χ1v) is 10.3. The number of carbonyl (C=O) groups is 2. The summed E-state index contributed by atoms with van der Waals surface area (Å²) in [5.74, 6) is -0.441. The molecule has 1 aliphatic heterocycles. The van der Waals surface area contributed by atoms with Gasteiger partial charge in [0.25, 0.3) is 5.91 Å². The molecule has 166 valence electrons. The summed E-state index contributed by atoms with van der Waals surface area (Å²) in [4.78, 5) is 30.6. The zero-order valence-corrected chi connectivity index (χ0v) is 17.9. The second kappa shape index (κ2) is 9.29. The lowest BCUT2D eigenvalue weighted by Gasteiger charge is -2.38. The molecular weight excluding hydrogens is 410 g/mol. The number of aryl methyl sites for hydroxylation is 2. The van der Waals surface area contributed by atoms with Crippen LogP contribution in [0.15, 0.2) is 54.9 Å². The van der Waals surface area contributed by atoms with Crippen LogP contribution >= 0.6 is 0 Å². The van der Waals surface area contributed by atoms with E-state index in [0.717, 1.165) is 11.3 Å². The largest absolute Gasteiger partial charge is 0.386 e. The van der Waals surface area contributed by atoms with E-state index in [9.17, 15) is 14.7 Å². The van der Waals surface area contributed by atoms with E-state index in [1.807, 2.05) is 19.1 Å². The molecule has 0 spiro atoms. The van der Waals surface area contributed by atoms with Crippen molar-refractivity contribution in [1.29, 1.82) is 0 Å². The van der Waals surface area contributed by atoms with E-state index in [4.69, 9.17) is 4.74 Å². The Morgan fingerprint density at radius 1 is 1.25 bits per heavy atom. The first kappa shape index (κ1) is 21.7. The zero-order chi connectivity index (χ0) is 22.7. The fourth-order valence-electron chi connectivity index (χ4n) is 3.78. The smallest absolute Gasteiger partial charge is 0.273 e. The van der Waals surface area contributed by atoms with Gasteiger partial charge in [0, 0.05) is 31.7 Å². The first-order valence-electron chi connectivity index (χ1n) is 10.3. The molecule has 0 bridgehead atoms. The van der Waals surface area contributed by atoms with Gasteiger partial charge < -0.3 is 20.1 Å². The standard InChI is InChI=1S/C23H25N5O4/c1-15-11-19(27(2)26-15)23(31)25-18-5-3-17(4-6-18)22(30)20-13-32-14-21(29)28(20)12-16-7-9-24-10-8-16/h3-11,20,22,30H,12-14H2,1-2H3,(H,25,31). The lowest BCUT2D eigenvalue weighted by atomic mass is 9.99. The van der Waals surface area contributed by atoms with Gasteiger partial charge in [-0.2, -0.15) is 5.10 Å². The highest BCUT2D eigenvalue weighted by Gasteiger charge is 2.34. The molecule has 2 amide bonds. The number of carbonyl (C=O) groups excluding carboxylic acids is 2. The van der Waals surface area contributed by atoms with Gasteiger partial charge in [-0.3, -0.25) is 19.3 Å². The van der Waals surface area contributed by atoms with Crippen molar-refractivity contribution < 1.29 is 19.4 Å². The van der Waals surface area contributed by atoms with Crippen molar-refractivity contribution in [2.24, 2.45) is 7.05 Å². The van der Waals surface area contributed by atoms with Gasteiger partial charge in [0.15, 0.2) is 0 Å². The van der Waals surface area contributed by atoms with Gasteiger partial charge in [-0.1, -0.05) is 12.1 Å². The van der Waals surface area contributed by atoms with Gasteiger partial charge in [0.1, 0.15) is 18.4 Å². The van der Waals surface area contributed by atoms with Gasteiger partial charge in [0.05, 0.1) is 18.3 Å². The van der Waals surface area contributed by atoms with Crippen molar-refractivity contribution in [3.63, 3.8) is 0 Å². The predicted octanol–water partition coefficient (Wildman–Crippen LogP) is 1.84. The molecule has 2 atom stereocenters. The molecule has 9 nitrogen and oxygen atoms in total. The Labute approximate surface area is 185 Å². The molecule has 1 aromatic carbocycles. The second-order valence-electron chi connectivity index (χ2n) is 7.78. The number of aromatic nitrogens is 3. The summed E-state index contributed by atoms with van der Waals surface area (Å²) in [6.45, 7) is 2.42. The number of hydrogen-bond donors (Lipinski definition) is 2. The van der Waals surface area contributed by atoms with Gasteiger partial charge in [-0.05, 0) is 48.4 Å². The highest BCUT2D eigenvalue weighted by molar-refractivity contribution is 6.03. The average Bonchev–Trinajstić information content (AvgIpc) is 3.14. The second-order valence-corrected chi connectivity index (χ2v) is 7.78. The van der Waals surface area contributed by atoms with Crippen molar-refractivity contribution in [2.75, 3.05) is 18.5 Å². The number of amides is 2. The van der Waals surface area contributed by atoms with E-state index < -0.39 is 12.1 Å². The molecule has 1 saturated heterocycles. The van der Waals surface area contributed by atoms with Crippen molar-refractivity contribution in [2.45, 2.75) is 25.6 Å². The lowest BCUT2D eigenvalue weighted by molar-refractivity contribution is -0.155. The Morgan fingerprint density at radius 2 is 1.97 bits per heavy atom. The van der Waals surface area contributed by atoms with E-state index >= 15 is 0 Å². The summed E-state index contributed by atoms with van der Waals surface area (Å²) in [6, 6.07) is 11.8. The molecule has 9 heteroatoms. The zero-order valence-electron chi connectivity index (χ0n) is 17.9. The molecule has 3 heterocycles. The molecule has 2 aromatic heterocycles. The Bertz CT molecular complexity index is 1100. The van der Waals surface area contributed by atoms with Crippen LogP contribution in [0, 0.1) is 6.92 Å². The Kier molecular flexibility index (Phi) is 6.29. The van der Waals surface area contributed by atoms with E-state index in [0.29, 0.717) is 23.5 Å². The summed E-state index contributed by atoms with van der Waals surface area (Å²) in [7, 11) is 1.71. The first-order chi connectivity index (χ1) is 15.4. The van der Waals surface area contributed by atoms with Gasteiger partial charge in [-0.15, -0.1) is 0 Å². The number of ether oxygens (including phenoxy) is 1. The van der Waals surface area contributed by atoms with Crippen molar-refractivity contribution in [3.8, 4) is 0 Å². The maximum absolute atomic E-state index is 12.5. The third-order valence-corrected chi connectivity index (χ3v) is 5.45. The van der Waals surface area contributed by atoms with Gasteiger partial charge >= 0.3 is 0 Å². The number of pyridine rings is 1. The third kappa shape index (κ3) is 4.68. The monoisotopic (exact) mass is 435 g/mol. The number of benzene rings is 1. The molecule has 32 heavy (non-hydrogen) atoms. The molecular formula is C23H25N5O4. The number of rotatable bonds is 6. The molecule has 1 aliphatic rings. The van der Waals surface area contributed by atoms with Crippen LogP contribution in [0.3, 0.4) is 0 Å². The number of nitrogens with one attached hydrogen (secondary N) is 1. The highest BCUT2D eigenvalue weighted by Crippen LogP contribution is 2.26. The normalized spacial score (nSPS) is 17.3. The predicted molar refractivity (Wildman–Crippen MR) is 117 cm³/mol. The summed E-state index contributed by atoms with van der Waals surface area (Å²) in [6.07, 6.45) is 2.41. The number of anilines is 1. The molecule has 0 radical (unpaired) electrons. The van der Waals surface area contributed by atoms with Crippen LogP contribution in [0.4, 0.5) is 5.69 Å². The van der Waals surface area contributed by atoms with Gasteiger partial charge in [0.2, 0.25) is 5.91 Å². The van der Waals surface area contributed by atoms with Crippen LogP contribution in [0.1, 0.15) is 33.4 Å². The maximum atomic E-state index is 12.5. The van der Waals surface area contributed by atoms with E-state index in [1.165, 1.54) is 4.68 Å². The molecule has 0 aliphatic carbocycles. The maximum Gasteiger partial charge on any atom is 0.273 e. The minimum absolute atomic E-state index is 0.00718. The molecule has 2 unspecified atom stereocenters. The molecule has 1 fully saturated rings. The highest BCUT2D eigenvalue weighted by atomic mass is 16.5. The van der Waals surface area contributed by atoms with Crippen LogP contribution < -0.4 is 5.32 Å². The molecule has 2 N–H and O–H groups in total. The minimum Gasteiger partial charge on any atom is -0.386 e. The SMILES string of the molecule is Cc1cc(C(=O)Nc2ccc(C(O)C3COCC(=O)N3Cc3ccncc3)cc2)n(C)n1. The quantitative estimate of drug-likeness (QED) is 0.611. The number of aliphatic hydroxyl groups excluding tert-OH is 1. The van der Waals surface area contributed by atoms with Crippen molar-refractivity contribution in [1.82, 2.24) is 19.7 Å². The Morgan fingerprint density at radius 3 is 2.62 bits per heavy atom. The average molecular weight is 435 g/mol. The van der Waals surface area contributed by atoms with Gasteiger partial charge in [-0.25, -0.2) is 0 Å². The van der Waals surface area contributed by atoms with Crippen LogP contribution in [-0.4, -0.2) is 55.8 Å². The molecule has 0 saturated carbocycles. The van der Waals surface area contributed by atoms with Crippen molar-refractivity contribution >= 4 is 17.5 Å². The summed E-state index contributed by atoms with van der Waals surface area (Å²) >= 11 is 0. The number of aliphatic hydroxyl groups is 1. The van der Waals surface area contributed by atoms with Crippen molar-refractivity contribution in [3.05, 3.63) is 77.4 Å². The third-order valence-electron chi connectivity index (χ3n) is 5.45. The van der Waals surface area contributed by atoms with E-state index in [-0.39, 0.29) is 25.0 Å². The number of nitrogens with zero attached hydrogens (tertiary/aromatic N) is 4. The van der Waals surface area contributed by atoms with Crippen LogP contribution in [0.2, 0.25) is 0 Å².